The van der Waals surface area contributed by atoms with Gasteiger partial charge in [-0.15, -0.1) is 0 Å². The Morgan fingerprint density at radius 2 is 1.95 bits per heavy atom. The largest absolute Gasteiger partial charge is 0.357 e. The number of anilines is 1. The number of benzene rings is 2. The maximum Gasteiger partial charge on any atom is 0.184 e. The van der Waals surface area contributed by atoms with Gasteiger partial charge in [-0.25, -0.2) is 13.8 Å². The van der Waals surface area contributed by atoms with E-state index in [4.69, 9.17) is 0 Å². The first-order chi connectivity index (χ1) is 9.22. The monoisotopic (exact) mass is 276 g/mol. The molecule has 96 valence electrons. The fourth-order valence-electron chi connectivity index (χ4n) is 1.78. The zero-order chi connectivity index (χ0) is 13.2. The summed E-state index contributed by atoms with van der Waals surface area (Å²) < 4.78 is 27.3. The van der Waals surface area contributed by atoms with Crippen LogP contribution in [0.25, 0.3) is 10.2 Å². The standard InChI is InChI=1S/C14H10F2N2S/c15-10-6-5-9(11(16)7-10)8-17-14-18-12-3-1-2-4-13(12)19-14/h1-7H,8H2,(H,17,18). The van der Waals surface area contributed by atoms with Crippen LogP contribution in [0, 0.1) is 11.6 Å². The van der Waals surface area contributed by atoms with E-state index in [0.29, 0.717) is 5.56 Å². The lowest BCUT2D eigenvalue weighted by atomic mass is 10.2. The van der Waals surface area contributed by atoms with Crippen LogP contribution in [0.4, 0.5) is 13.9 Å². The van der Waals surface area contributed by atoms with Crippen molar-refractivity contribution in [1.29, 1.82) is 0 Å². The lowest BCUT2D eigenvalue weighted by molar-refractivity contribution is 0.574. The maximum absolute atomic E-state index is 13.5. The summed E-state index contributed by atoms with van der Waals surface area (Å²) in [6.45, 7) is 0.284. The minimum Gasteiger partial charge on any atom is -0.357 e. The van der Waals surface area contributed by atoms with Gasteiger partial charge in [0.15, 0.2) is 5.13 Å². The molecule has 0 fully saturated rings. The molecule has 3 rings (SSSR count). The van der Waals surface area contributed by atoms with Crippen molar-refractivity contribution in [2.45, 2.75) is 6.54 Å². The quantitative estimate of drug-likeness (QED) is 0.776. The second-order valence-electron chi connectivity index (χ2n) is 4.08. The molecule has 1 aromatic heterocycles. The summed E-state index contributed by atoms with van der Waals surface area (Å²) in [6, 6.07) is 11.3. The van der Waals surface area contributed by atoms with Crippen LogP contribution >= 0.6 is 11.3 Å². The molecule has 3 aromatic rings. The van der Waals surface area contributed by atoms with Crippen molar-refractivity contribution < 1.29 is 8.78 Å². The molecule has 0 saturated heterocycles. The van der Waals surface area contributed by atoms with Crippen LogP contribution in [0.1, 0.15) is 5.56 Å². The summed E-state index contributed by atoms with van der Waals surface area (Å²) in [5, 5.41) is 3.78. The number of nitrogens with one attached hydrogen (secondary N) is 1. The molecule has 1 N–H and O–H groups in total. The molecule has 0 saturated carbocycles. The number of para-hydroxylation sites is 1. The molecule has 5 heteroatoms. The molecule has 0 radical (unpaired) electrons. The van der Waals surface area contributed by atoms with E-state index in [1.54, 1.807) is 0 Å². The van der Waals surface area contributed by atoms with Crippen molar-refractivity contribution in [2.24, 2.45) is 0 Å². The predicted octanol–water partition coefficient (Wildman–Crippen LogP) is 4.19. The minimum atomic E-state index is -0.568. The topological polar surface area (TPSA) is 24.9 Å². The van der Waals surface area contributed by atoms with Crippen molar-refractivity contribution in [3.05, 3.63) is 59.7 Å². The van der Waals surface area contributed by atoms with Crippen LogP contribution in [0.5, 0.6) is 0 Å². The number of rotatable bonds is 3. The molecule has 2 aromatic carbocycles. The van der Waals surface area contributed by atoms with Gasteiger partial charge in [0, 0.05) is 18.2 Å². The van der Waals surface area contributed by atoms with Gasteiger partial charge in [0.05, 0.1) is 10.2 Å². The van der Waals surface area contributed by atoms with Gasteiger partial charge < -0.3 is 5.32 Å². The van der Waals surface area contributed by atoms with E-state index in [1.807, 2.05) is 24.3 Å². The first-order valence-electron chi connectivity index (χ1n) is 5.76. The molecule has 0 unspecified atom stereocenters. The summed E-state index contributed by atoms with van der Waals surface area (Å²) in [5.74, 6) is -1.12. The van der Waals surface area contributed by atoms with Crippen molar-refractivity contribution in [2.75, 3.05) is 5.32 Å². The maximum atomic E-state index is 13.5. The smallest absolute Gasteiger partial charge is 0.184 e. The van der Waals surface area contributed by atoms with Gasteiger partial charge in [0.1, 0.15) is 11.6 Å². The Balaban J connectivity index is 1.78. The Morgan fingerprint density at radius 1 is 1.11 bits per heavy atom. The highest BCUT2D eigenvalue weighted by atomic mass is 32.1. The van der Waals surface area contributed by atoms with E-state index in [9.17, 15) is 8.78 Å². The molecule has 2 nitrogen and oxygen atoms in total. The van der Waals surface area contributed by atoms with Gasteiger partial charge in [0.2, 0.25) is 0 Å². The lowest BCUT2D eigenvalue weighted by Crippen LogP contribution is -2.01. The van der Waals surface area contributed by atoms with E-state index >= 15 is 0 Å². The number of nitrogens with zero attached hydrogens (tertiary/aromatic N) is 1. The Labute approximate surface area is 112 Å². The van der Waals surface area contributed by atoms with Crippen molar-refractivity contribution in [1.82, 2.24) is 4.98 Å². The number of hydrogen-bond donors (Lipinski definition) is 1. The molecule has 0 spiro atoms. The summed E-state index contributed by atoms with van der Waals surface area (Å²) >= 11 is 1.51. The number of aromatic nitrogens is 1. The zero-order valence-electron chi connectivity index (χ0n) is 9.86. The van der Waals surface area contributed by atoms with Crippen LogP contribution in [0.3, 0.4) is 0 Å². The minimum absolute atomic E-state index is 0.284. The molecule has 0 atom stereocenters. The molecule has 0 aliphatic heterocycles. The molecule has 0 aliphatic carbocycles. The summed E-state index contributed by atoms with van der Waals surface area (Å²) in [5.41, 5.74) is 1.33. The molecule has 0 amide bonds. The Hall–Kier alpha value is -2.01. The summed E-state index contributed by atoms with van der Waals surface area (Å²) in [4.78, 5) is 4.39. The highest BCUT2D eigenvalue weighted by molar-refractivity contribution is 7.22. The van der Waals surface area contributed by atoms with Crippen molar-refractivity contribution >= 4 is 26.7 Å². The normalized spacial score (nSPS) is 10.8. The molecular weight excluding hydrogens is 266 g/mol. The van der Waals surface area contributed by atoms with Crippen LogP contribution in [-0.4, -0.2) is 4.98 Å². The van der Waals surface area contributed by atoms with Gasteiger partial charge in [0.25, 0.3) is 0 Å². The number of fused-ring (bicyclic) bond motifs is 1. The van der Waals surface area contributed by atoms with Crippen LogP contribution in [-0.2, 0) is 6.54 Å². The average molecular weight is 276 g/mol. The fourth-order valence-corrected chi connectivity index (χ4v) is 2.65. The van der Waals surface area contributed by atoms with Crippen molar-refractivity contribution in [3.63, 3.8) is 0 Å². The SMILES string of the molecule is Fc1ccc(CNc2nc3ccccc3s2)c(F)c1. The van der Waals surface area contributed by atoms with E-state index in [2.05, 4.69) is 10.3 Å². The average Bonchev–Trinajstić information content (AvgIpc) is 2.80. The van der Waals surface area contributed by atoms with E-state index < -0.39 is 11.6 Å². The number of halogens is 2. The molecule has 1 heterocycles. The van der Waals surface area contributed by atoms with E-state index in [1.165, 1.54) is 23.5 Å². The Bertz CT molecular complexity index is 691. The Kier molecular flexibility index (Phi) is 3.13. The third-order valence-electron chi connectivity index (χ3n) is 2.74. The lowest BCUT2D eigenvalue weighted by Gasteiger charge is -2.04. The van der Waals surface area contributed by atoms with Gasteiger partial charge in [-0.05, 0) is 18.2 Å². The van der Waals surface area contributed by atoms with Gasteiger partial charge >= 0.3 is 0 Å². The highest BCUT2D eigenvalue weighted by Gasteiger charge is 2.06. The summed E-state index contributed by atoms with van der Waals surface area (Å²) in [6.07, 6.45) is 0. The first-order valence-corrected chi connectivity index (χ1v) is 6.57. The van der Waals surface area contributed by atoms with Crippen LogP contribution in [0.2, 0.25) is 0 Å². The first kappa shape index (κ1) is 12.0. The van der Waals surface area contributed by atoms with Crippen LogP contribution in [0.15, 0.2) is 42.5 Å². The number of thiazole rings is 1. The van der Waals surface area contributed by atoms with Crippen molar-refractivity contribution in [3.8, 4) is 0 Å². The second-order valence-corrected chi connectivity index (χ2v) is 5.11. The zero-order valence-corrected chi connectivity index (χ0v) is 10.7. The Morgan fingerprint density at radius 3 is 2.74 bits per heavy atom. The number of hydrogen-bond acceptors (Lipinski definition) is 3. The molecule has 0 aliphatic rings. The molecule has 0 bridgehead atoms. The predicted molar refractivity (Wildman–Crippen MR) is 73.3 cm³/mol. The van der Waals surface area contributed by atoms with Crippen LogP contribution < -0.4 is 5.32 Å². The van der Waals surface area contributed by atoms with Gasteiger partial charge in [-0.3, -0.25) is 0 Å². The molecular formula is C14H10F2N2S. The van der Waals surface area contributed by atoms with E-state index in [-0.39, 0.29) is 6.54 Å². The van der Waals surface area contributed by atoms with E-state index in [0.717, 1.165) is 21.4 Å². The molecule has 19 heavy (non-hydrogen) atoms. The highest BCUT2D eigenvalue weighted by Crippen LogP contribution is 2.25. The van der Waals surface area contributed by atoms with Gasteiger partial charge in [-0.2, -0.15) is 0 Å². The summed E-state index contributed by atoms with van der Waals surface area (Å²) in [7, 11) is 0. The second kappa shape index (κ2) is 4.93. The van der Waals surface area contributed by atoms with Gasteiger partial charge in [-0.1, -0.05) is 29.5 Å². The third kappa shape index (κ3) is 2.56. The fraction of sp³-hybridized carbons (Fsp3) is 0.0714. The third-order valence-corrected chi connectivity index (χ3v) is 3.73.